The number of thiophene rings is 1. The molecule has 0 saturated carbocycles. The Bertz CT molecular complexity index is 538. The molecule has 2 N–H and O–H groups in total. The van der Waals surface area contributed by atoms with Gasteiger partial charge in [-0.3, -0.25) is 4.90 Å². The van der Waals surface area contributed by atoms with Gasteiger partial charge in [0.15, 0.2) is 0 Å². The first-order valence-electron chi connectivity index (χ1n) is 7.31. The van der Waals surface area contributed by atoms with Crippen LogP contribution in [0.2, 0.25) is 5.02 Å². The summed E-state index contributed by atoms with van der Waals surface area (Å²) in [5.41, 5.74) is 7.63. The Morgan fingerprint density at radius 2 is 1.90 bits per heavy atom. The third-order valence-electron chi connectivity index (χ3n) is 4.09. The van der Waals surface area contributed by atoms with E-state index in [1.165, 1.54) is 10.4 Å². The third kappa shape index (κ3) is 3.86. The fourth-order valence-corrected chi connectivity index (χ4v) is 3.60. The van der Waals surface area contributed by atoms with E-state index < -0.39 is 0 Å². The van der Waals surface area contributed by atoms with Crippen LogP contribution in [0.4, 0.5) is 0 Å². The minimum absolute atomic E-state index is 0.0959. The van der Waals surface area contributed by atoms with E-state index in [0.717, 1.165) is 11.4 Å². The van der Waals surface area contributed by atoms with Crippen molar-refractivity contribution < 1.29 is 0 Å². The van der Waals surface area contributed by atoms with Crippen molar-refractivity contribution in [1.29, 1.82) is 0 Å². The largest absolute Gasteiger partial charge is 0.326 e. The minimum atomic E-state index is 0.0959. The van der Waals surface area contributed by atoms with Crippen molar-refractivity contribution in [3.63, 3.8) is 0 Å². The summed E-state index contributed by atoms with van der Waals surface area (Å²) < 4.78 is 0. The second-order valence-electron chi connectivity index (χ2n) is 5.43. The summed E-state index contributed by atoms with van der Waals surface area (Å²) in [6.45, 7) is 4.37. The van der Waals surface area contributed by atoms with Gasteiger partial charge in [0.2, 0.25) is 0 Å². The van der Waals surface area contributed by atoms with Crippen molar-refractivity contribution in [2.24, 2.45) is 5.73 Å². The fraction of sp³-hybridized carbons (Fsp3) is 0.412. The lowest BCUT2D eigenvalue weighted by Gasteiger charge is -2.36. The monoisotopic (exact) mass is 322 g/mol. The molecule has 0 aliphatic heterocycles. The quantitative estimate of drug-likeness (QED) is 0.821. The van der Waals surface area contributed by atoms with Crippen molar-refractivity contribution in [2.75, 3.05) is 7.05 Å². The van der Waals surface area contributed by atoms with E-state index >= 15 is 0 Å². The molecule has 2 nitrogen and oxygen atoms in total. The van der Waals surface area contributed by atoms with Gasteiger partial charge < -0.3 is 5.73 Å². The molecule has 1 aromatic carbocycles. The van der Waals surface area contributed by atoms with E-state index in [0.29, 0.717) is 6.04 Å². The van der Waals surface area contributed by atoms with Crippen molar-refractivity contribution in [1.82, 2.24) is 4.90 Å². The van der Waals surface area contributed by atoms with Crippen molar-refractivity contribution in [3.8, 4) is 0 Å². The van der Waals surface area contributed by atoms with E-state index in [9.17, 15) is 0 Å². The predicted octanol–water partition coefficient (Wildman–Crippen LogP) is 4.87. The Hall–Kier alpha value is -0.870. The molecule has 0 saturated heterocycles. The molecular weight excluding hydrogens is 300 g/mol. The molecule has 0 fully saturated rings. The van der Waals surface area contributed by atoms with E-state index in [1.54, 1.807) is 11.3 Å². The molecule has 1 heterocycles. The van der Waals surface area contributed by atoms with Crippen LogP contribution in [0.3, 0.4) is 0 Å². The molecule has 0 aliphatic rings. The first-order chi connectivity index (χ1) is 10.0. The summed E-state index contributed by atoms with van der Waals surface area (Å²) in [5, 5.41) is 2.88. The van der Waals surface area contributed by atoms with Crippen LogP contribution < -0.4 is 5.73 Å². The summed E-state index contributed by atoms with van der Waals surface area (Å²) >= 11 is 7.80. The second-order valence-corrected chi connectivity index (χ2v) is 6.84. The van der Waals surface area contributed by atoms with E-state index in [4.69, 9.17) is 17.3 Å². The molecule has 4 heteroatoms. The maximum Gasteiger partial charge on any atom is 0.0502 e. The highest BCUT2D eigenvalue weighted by Crippen LogP contribution is 2.33. The lowest BCUT2D eigenvalue weighted by atomic mass is 9.95. The van der Waals surface area contributed by atoms with Crippen LogP contribution in [-0.4, -0.2) is 18.0 Å². The SMILES string of the molecule is CCC(N)C(c1ccc(Cl)cc1)N(C)C(C)c1cccs1. The minimum Gasteiger partial charge on any atom is -0.326 e. The van der Waals surface area contributed by atoms with E-state index in [2.05, 4.69) is 55.4 Å². The smallest absolute Gasteiger partial charge is 0.0502 e. The van der Waals surface area contributed by atoms with E-state index in [-0.39, 0.29) is 12.1 Å². The molecule has 0 spiro atoms. The lowest BCUT2D eigenvalue weighted by Crippen LogP contribution is -2.39. The number of likely N-dealkylation sites (N-methyl/N-ethyl adjacent to an activating group) is 1. The molecule has 114 valence electrons. The van der Waals surface area contributed by atoms with Gasteiger partial charge in [0, 0.05) is 22.0 Å². The first-order valence-corrected chi connectivity index (χ1v) is 8.56. The maximum absolute atomic E-state index is 6.41. The topological polar surface area (TPSA) is 29.3 Å². The molecule has 3 atom stereocenters. The number of rotatable bonds is 6. The Kier molecular flexibility index (Phi) is 5.82. The van der Waals surface area contributed by atoms with Gasteiger partial charge in [-0.05, 0) is 49.5 Å². The Morgan fingerprint density at radius 1 is 1.24 bits per heavy atom. The molecule has 21 heavy (non-hydrogen) atoms. The number of nitrogens with zero attached hydrogens (tertiary/aromatic N) is 1. The average molecular weight is 323 g/mol. The molecule has 2 rings (SSSR count). The maximum atomic E-state index is 6.41. The van der Waals surface area contributed by atoms with Crippen molar-refractivity contribution in [3.05, 3.63) is 57.2 Å². The van der Waals surface area contributed by atoms with Gasteiger partial charge in [0.1, 0.15) is 0 Å². The molecule has 2 aromatic rings. The average Bonchev–Trinajstić information content (AvgIpc) is 3.02. The molecule has 0 radical (unpaired) electrons. The second kappa shape index (κ2) is 7.41. The standard InChI is InChI=1S/C17H23ClN2S/c1-4-15(19)17(13-7-9-14(18)10-8-13)20(3)12(2)16-6-5-11-21-16/h5-12,15,17H,4,19H2,1-3H3. The van der Waals surface area contributed by atoms with Gasteiger partial charge in [-0.1, -0.05) is 36.7 Å². The van der Waals surface area contributed by atoms with E-state index in [1.807, 2.05) is 12.1 Å². The summed E-state index contributed by atoms with van der Waals surface area (Å²) in [5.74, 6) is 0. The van der Waals surface area contributed by atoms with Gasteiger partial charge in [0.05, 0.1) is 6.04 Å². The van der Waals surface area contributed by atoms with Crippen LogP contribution in [0.1, 0.15) is 42.8 Å². The number of nitrogens with two attached hydrogens (primary N) is 1. The summed E-state index contributed by atoms with van der Waals surface area (Å²) in [6, 6.07) is 12.9. The number of benzene rings is 1. The molecular formula is C17H23ClN2S. The van der Waals surface area contributed by atoms with Crippen LogP contribution >= 0.6 is 22.9 Å². The Balaban J connectivity index is 2.29. The van der Waals surface area contributed by atoms with Crippen molar-refractivity contribution in [2.45, 2.75) is 38.4 Å². The van der Waals surface area contributed by atoms with Gasteiger partial charge in [0.25, 0.3) is 0 Å². The molecule has 0 amide bonds. The summed E-state index contributed by atoms with van der Waals surface area (Å²) in [7, 11) is 2.15. The fourth-order valence-electron chi connectivity index (χ4n) is 2.64. The zero-order chi connectivity index (χ0) is 15.4. The highest BCUT2D eigenvalue weighted by Gasteiger charge is 2.27. The van der Waals surface area contributed by atoms with Crippen LogP contribution in [0.5, 0.6) is 0 Å². The van der Waals surface area contributed by atoms with Crippen LogP contribution in [0.25, 0.3) is 0 Å². The number of halogens is 1. The van der Waals surface area contributed by atoms with Gasteiger partial charge >= 0.3 is 0 Å². The lowest BCUT2D eigenvalue weighted by molar-refractivity contribution is 0.161. The van der Waals surface area contributed by atoms with Crippen LogP contribution in [0.15, 0.2) is 41.8 Å². The van der Waals surface area contributed by atoms with Crippen LogP contribution in [-0.2, 0) is 0 Å². The Morgan fingerprint density at radius 3 is 2.43 bits per heavy atom. The zero-order valence-corrected chi connectivity index (χ0v) is 14.4. The zero-order valence-electron chi connectivity index (χ0n) is 12.8. The molecule has 3 unspecified atom stereocenters. The molecule has 0 aliphatic carbocycles. The molecule has 1 aromatic heterocycles. The number of hydrogen-bond acceptors (Lipinski definition) is 3. The highest BCUT2D eigenvalue weighted by atomic mass is 35.5. The Labute approximate surface area is 136 Å². The summed E-state index contributed by atoms with van der Waals surface area (Å²) in [6.07, 6.45) is 0.939. The predicted molar refractivity (Wildman–Crippen MR) is 93.0 cm³/mol. The van der Waals surface area contributed by atoms with Gasteiger partial charge in [-0.2, -0.15) is 0 Å². The van der Waals surface area contributed by atoms with Crippen molar-refractivity contribution >= 4 is 22.9 Å². The van der Waals surface area contributed by atoms with Crippen LogP contribution in [0, 0.1) is 0 Å². The normalized spacial score (nSPS) is 15.9. The third-order valence-corrected chi connectivity index (χ3v) is 5.39. The van der Waals surface area contributed by atoms with Gasteiger partial charge in [-0.15, -0.1) is 11.3 Å². The highest BCUT2D eigenvalue weighted by molar-refractivity contribution is 7.10. The number of hydrogen-bond donors (Lipinski definition) is 1. The molecule has 0 bridgehead atoms. The summed E-state index contributed by atoms with van der Waals surface area (Å²) in [4.78, 5) is 3.73. The van der Waals surface area contributed by atoms with Gasteiger partial charge in [-0.25, -0.2) is 0 Å². The first kappa shape index (κ1) is 16.5.